The largest absolute Gasteiger partial charge is 1.00 e. The summed E-state index contributed by atoms with van der Waals surface area (Å²) < 4.78 is 15.6. The van der Waals surface area contributed by atoms with Crippen molar-refractivity contribution in [3.63, 3.8) is 0 Å². The van der Waals surface area contributed by atoms with Crippen LogP contribution in [0.5, 0.6) is 0 Å². The van der Waals surface area contributed by atoms with Gasteiger partial charge in [0.2, 0.25) is 0 Å². The molecule has 2 aromatic rings. The Hall–Kier alpha value is -0.604. The Bertz CT molecular complexity index is 979. The predicted molar refractivity (Wildman–Crippen MR) is 136 cm³/mol. The summed E-state index contributed by atoms with van der Waals surface area (Å²) in [6.45, 7) is 2.49. The van der Waals surface area contributed by atoms with E-state index in [2.05, 4.69) is 57.3 Å². The Morgan fingerprint density at radius 2 is 1.20 bits per heavy atom. The first-order valence-corrected chi connectivity index (χ1v) is 11.8. The van der Waals surface area contributed by atoms with Crippen molar-refractivity contribution in [3.8, 4) is 0 Å². The molecule has 8 nitrogen and oxygen atoms in total. The van der Waals surface area contributed by atoms with Gasteiger partial charge in [0.05, 0.1) is 25.3 Å². The molecule has 35 heavy (non-hydrogen) atoms. The van der Waals surface area contributed by atoms with E-state index in [-0.39, 0.29) is 77.4 Å². The van der Waals surface area contributed by atoms with Gasteiger partial charge in [0.15, 0.2) is 0 Å². The molecule has 0 aromatic heterocycles. The quantitative estimate of drug-likeness (QED) is 0.200. The molecule has 0 spiro atoms. The van der Waals surface area contributed by atoms with Gasteiger partial charge < -0.3 is 24.1 Å². The second-order valence-electron chi connectivity index (χ2n) is 6.00. The zero-order chi connectivity index (χ0) is 25.6. The van der Waals surface area contributed by atoms with Crippen molar-refractivity contribution in [2.45, 2.75) is 33.2 Å². The van der Waals surface area contributed by atoms with Gasteiger partial charge in [-0.2, -0.15) is 0 Å². The number of esters is 3. The van der Waals surface area contributed by atoms with Crippen LogP contribution in [0.4, 0.5) is 0 Å². The van der Waals surface area contributed by atoms with Crippen LogP contribution in [0.2, 0.25) is 0 Å². The Morgan fingerprint density at radius 1 is 0.829 bits per heavy atom. The fourth-order valence-corrected chi connectivity index (χ4v) is 3.87. The zero-order valence-corrected chi connectivity index (χ0v) is 27.2. The minimum Gasteiger partial charge on any atom is -0.550 e. The van der Waals surface area contributed by atoms with E-state index in [1.807, 2.05) is 6.07 Å². The van der Waals surface area contributed by atoms with Crippen LogP contribution in [-0.4, -0.2) is 38.1 Å². The van der Waals surface area contributed by atoms with Crippen molar-refractivity contribution >= 4 is 71.7 Å². The number of rotatable bonds is 5. The zero-order valence-electron chi connectivity index (χ0n) is 19.3. The topological polar surface area (TPSA) is 119 Å². The van der Waals surface area contributed by atoms with Gasteiger partial charge in [-0.1, -0.05) is 67.3 Å². The number of hydrogen-bond acceptors (Lipinski definition) is 8. The van der Waals surface area contributed by atoms with Gasteiger partial charge >= 0.3 is 69.3 Å². The second kappa shape index (κ2) is 21.5. The van der Waals surface area contributed by atoms with Gasteiger partial charge in [-0.25, -0.2) is 9.59 Å². The SMILES string of the molecule is C.CC(=O)[O-].COC(=O)c1ccc(CBr)c(Br)c1.COC(=O)c1ccc(COC(C)=O)c(Br)c1.[K+]. The number of carbonyl (C=O) groups is 4. The average Bonchev–Trinajstić information content (AvgIpc) is 2.77. The minimum atomic E-state index is -1.08. The maximum atomic E-state index is 11.2. The van der Waals surface area contributed by atoms with Gasteiger partial charge in [-0.05, 0) is 36.8 Å². The average molecular weight is 709 g/mol. The molecule has 2 rings (SSSR count). The van der Waals surface area contributed by atoms with Gasteiger partial charge in [-0.15, -0.1) is 0 Å². The van der Waals surface area contributed by atoms with E-state index in [9.17, 15) is 14.4 Å². The van der Waals surface area contributed by atoms with Crippen molar-refractivity contribution in [2.24, 2.45) is 0 Å². The van der Waals surface area contributed by atoms with Crippen molar-refractivity contribution in [1.29, 1.82) is 0 Å². The van der Waals surface area contributed by atoms with Crippen molar-refractivity contribution in [2.75, 3.05) is 14.2 Å². The van der Waals surface area contributed by atoms with E-state index in [0.29, 0.717) is 15.6 Å². The molecule has 0 N–H and O–H groups in total. The predicted octanol–water partition coefficient (Wildman–Crippen LogP) is 1.83. The summed E-state index contributed by atoms with van der Waals surface area (Å²) in [5.41, 5.74) is 2.90. The monoisotopic (exact) mass is 706 g/mol. The van der Waals surface area contributed by atoms with E-state index in [0.717, 1.165) is 27.9 Å². The number of methoxy groups -OCH3 is 2. The molecule has 2 aromatic carbocycles. The molecule has 0 aliphatic rings. The van der Waals surface area contributed by atoms with Crippen LogP contribution in [0.15, 0.2) is 45.3 Å². The molecule has 0 saturated heterocycles. The fraction of sp³-hybridized carbons (Fsp3) is 0.304. The molecule has 0 unspecified atom stereocenters. The Morgan fingerprint density at radius 3 is 1.49 bits per heavy atom. The molecule has 0 radical (unpaired) electrons. The first-order chi connectivity index (χ1) is 15.5. The molecule has 188 valence electrons. The first kappa shape index (κ1) is 38.9. The van der Waals surface area contributed by atoms with Gasteiger partial charge in [0.1, 0.15) is 6.61 Å². The number of benzene rings is 2. The van der Waals surface area contributed by atoms with E-state index >= 15 is 0 Å². The van der Waals surface area contributed by atoms with Crippen molar-refractivity contribution < 1.29 is 89.9 Å². The number of carboxylic acids is 1. The van der Waals surface area contributed by atoms with Crippen LogP contribution in [0.25, 0.3) is 0 Å². The van der Waals surface area contributed by atoms with Crippen LogP contribution in [0, 0.1) is 0 Å². The number of aliphatic carboxylic acids is 1. The smallest absolute Gasteiger partial charge is 0.550 e. The van der Waals surface area contributed by atoms with Crippen LogP contribution in [0.3, 0.4) is 0 Å². The Kier molecular flexibility index (Phi) is 23.9. The van der Waals surface area contributed by atoms with E-state index in [1.165, 1.54) is 21.1 Å². The van der Waals surface area contributed by atoms with Gasteiger partial charge in [-0.3, -0.25) is 4.79 Å². The molecule has 0 aliphatic heterocycles. The summed E-state index contributed by atoms with van der Waals surface area (Å²) in [6.07, 6.45) is 0. The molecular weight excluding hydrogens is 683 g/mol. The maximum absolute atomic E-state index is 11.2. The summed E-state index contributed by atoms with van der Waals surface area (Å²) >= 11 is 10.0. The Balaban J connectivity index is -0.000000490. The van der Waals surface area contributed by atoms with E-state index < -0.39 is 11.9 Å². The minimum absolute atomic E-state index is 0. The van der Waals surface area contributed by atoms with E-state index in [1.54, 1.807) is 30.3 Å². The molecule has 0 amide bonds. The summed E-state index contributed by atoms with van der Waals surface area (Å²) in [5, 5.41) is 9.65. The number of halogens is 3. The summed E-state index contributed by atoms with van der Waals surface area (Å²) in [4.78, 5) is 41.9. The van der Waals surface area contributed by atoms with Gasteiger partial charge in [0, 0.05) is 32.7 Å². The Labute approximate surface area is 273 Å². The van der Waals surface area contributed by atoms with Crippen LogP contribution < -0.4 is 56.5 Å². The number of carbonyl (C=O) groups excluding carboxylic acids is 4. The fourth-order valence-electron chi connectivity index (χ4n) is 1.99. The molecule has 0 heterocycles. The third-order valence-electron chi connectivity index (χ3n) is 3.52. The maximum Gasteiger partial charge on any atom is 1.00 e. The third-order valence-corrected chi connectivity index (χ3v) is 5.60. The summed E-state index contributed by atoms with van der Waals surface area (Å²) in [7, 11) is 2.69. The number of hydrogen-bond donors (Lipinski definition) is 0. The first-order valence-electron chi connectivity index (χ1n) is 9.07. The van der Waals surface area contributed by atoms with Gasteiger partial charge in [0.25, 0.3) is 0 Å². The normalized spacial score (nSPS) is 8.77. The summed E-state index contributed by atoms with van der Waals surface area (Å²) in [6, 6.07) is 10.3. The molecule has 0 fully saturated rings. The molecule has 0 atom stereocenters. The number of ether oxygens (including phenoxy) is 3. The second-order valence-corrected chi connectivity index (χ2v) is 8.27. The number of alkyl halides is 1. The van der Waals surface area contributed by atoms with Crippen molar-refractivity contribution in [1.82, 2.24) is 0 Å². The standard InChI is InChI=1S/C11H11BrO4.C9H8Br2O2.C2H4O2.CH4.K/c1-7(13)16-6-9-4-3-8(5-10(9)12)11(14)15-2;1-13-9(12)6-2-3-7(5-10)8(11)4-6;1-2(3)4;;/h3-5H,6H2,1-2H3;2-4H,5H2,1H3;1H3,(H,3,4);1H4;/q;;;;+1/p-1. The van der Waals surface area contributed by atoms with Crippen LogP contribution >= 0.6 is 47.8 Å². The van der Waals surface area contributed by atoms with Crippen LogP contribution in [0.1, 0.15) is 53.1 Å². The summed E-state index contributed by atoms with van der Waals surface area (Å²) in [5.74, 6) is -2.15. The third kappa shape index (κ3) is 16.7. The molecule has 0 bridgehead atoms. The molecule has 0 aliphatic carbocycles. The van der Waals surface area contributed by atoms with Crippen LogP contribution in [-0.2, 0) is 35.7 Å². The molecular formula is C23H26Br3KO8. The van der Waals surface area contributed by atoms with E-state index in [4.69, 9.17) is 14.6 Å². The molecule has 0 saturated carbocycles. The molecule has 12 heteroatoms. The number of carboxylic acid groups (broad SMARTS) is 1. The van der Waals surface area contributed by atoms with Crippen molar-refractivity contribution in [3.05, 3.63) is 67.6 Å².